The van der Waals surface area contributed by atoms with Crippen molar-refractivity contribution in [2.45, 2.75) is 38.1 Å². The van der Waals surface area contributed by atoms with Gasteiger partial charge in [-0.3, -0.25) is 4.79 Å². The maximum atomic E-state index is 10.6. The molecule has 0 saturated heterocycles. The van der Waals surface area contributed by atoms with Crippen LogP contribution in [0.2, 0.25) is 0 Å². The van der Waals surface area contributed by atoms with Crippen molar-refractivity contribution in [1.82, 2.24) is 5.32 Å². The van der Waals surface area contributed by atoms with Gasteiger partial charge in [0.15, 0.2) is 0 Å². The first-order chi connectivity index (χ1) is 8.15. The van der Waals surface area contributed by atoms with Crippen LogP contribution >= 0.6 is 0 Å². The van der Waals surface area contributed by atoms with Gasteiger partial charge in [-0.1, -0.05) is 29.8 Å². The highest BCUT2D eigenvalue weighted by Gasteiger charge is 2.29. The van der Waals surface area contributed by atoms with Crippen molar-refractivity contribution in [2.75, 3.05) is 6.54 Å². The van der Waals surface area contributed by atoms with Crippen LogP contribution in [0.3, 0.4) is 0 Å². The van der Waals surface area contributed by atoms with Gasteiger partial charge in [-0.05, 0) is 31.2 Å². The summed E-state index contributed by atoms with van der Waals surface area (Å²) in [4.78, 5) is 10.6. The molecular formula is C14H20N2O. The highest BCUT2D eigenvalue weighted by atomic mass is 16.1. The maximum Gasteiger partial charge on any atom is 0.218 e. The molecule has 1 aromatic rings. The van der Waals surface area contributed by atoms with Crippen LogP contribution in [0, 0.1) is 6.92 Å². The number of aryl methyl sites for hydroxylation is 1. The van der Waals surface area contributed by atoms with Gasteiger partial charge in [0, 0.05) is 19.0 Å². The molecule has 1 fully saturated rings. The number of nitrogens with one attached hydrogen (secondary N) is 1. The minimum absolute atomic E-state index is 0.230. The second-order valence-electron chi connectivity index (χ2n) is 4.95. The molecule has 0 aliphatic heterocycles. The van der Waals surface area contributed by atoms with Gasteiger partial charge in [-0.25, -0.2) is 0 Å². The number of benzene rings is 1. The van der Waals surface area contributed by atoms with Crippen LogP contribution in [-0.2, 0) is 4.79 Å². The highest BCUT2D eigenvalue weighted by Crippen LogP contribution is 2.36. The van der Waals surface area contributed by atoms with Crippen LogP contribution in [-0.4, -0.2) is 18.5 Å². The lowest BCUT2D eigenvalue weighted by Gasteiger charge is -2.36. The van der Waals surface area contributed by atoms with Crippen LogP contribution in [0.5, 0.6) is 0 Å². The third-order valence-electron chi connectivity index (χ3n) is 3.46. The van der Waals surface area contributed by atoms with Crippen LogP contribution in [0.25, 0.3) is 0 Å². The monoisotopic (exact) mass is 232 g/mol. The molecule has 0 radical (unpaired) electrons. The Morgan fingerprint density at radius 1 is 1.47 bits per heavy atom. The lowest BCUT2D eigenvalue weighted by molar-refractivity contribution is -0.117. The third-order valence-corrected chi connectivity index (χ3v) is 3.46. The Morgan fingerprint density at radius 2 is 2.24 bits per heavy atom. The molecule has 0 heterocycles. The second-order valence-corrected chi connectivity index (χ2v) is 4.95. The van der Waals surface area contributed by atoms with E-state index >= 15 is 0 Å². The number of primary amides is 1. The first-order valence-electron chi connectivity index (χ1n) is 6.23. The minimum Gasteiger partial charge on any atom is -0.370 e. The van der Waals surface area contributed by atoms with E-state index in [0.29, 0.717) is 24.9 Å². The van der Waals surface area contributed by atoms with Gasteiger partial charge in [-0.15, -0.1) is 0 Å². The van der Waals surface area contributed by atoms with E-state index in [2.05, 4.69) is 36.5 Å². The molecule has 17 heavy (non-hydrogen) atoms. The summed E-state index contributed by atoms with van der Waals surface area (Å²) in [6.07, 6.45) is 2.77. The lowest BCUT2D eigenvalue weighted by Crippen LogP contribution is -2.41. The first-order valence-corrected chi connectivity index (χ1v) is 6.23. The van der Waals surface area contributed by atoms with E-state index in [1.165, 1.54) is 24.0 Å². The Hall–Kier alpha value is -1.35. The highest BCUT2D eigenvalue weighted by molar-refractivity contribution is 5.73. The van der Waals surface area contributed by atoms with Crippen LogP contribution < -0.4 is 11.1 Å². The molecule has 0 unspecified atom stereocenters. The molecule has 1 aliphatic rings. The molecule has 0 atom stereocenters. The number of nitrogens with two attached hydrogens (primary N) is 1. The van der Waals surface area contributed by atoms with Crippen molar-refractivity contribution in [3.05, 3.63) is 35.4 Å². The van der Waals surface area contributed by atoms with Crippen molar-refractivity contribution in [1.29, 1.82) is 0 Å². The number of hydrogen-bond acceptors (Lipinski definition) is 2. The molecule has 0 aromatic heterocycles. The van der Waals surface area contributed by atoms with E-state index in [1.54, 1.807) is 0 Å². The Kier molecular flexibility index (Phi) is 3.79. The summed E-state index contributed by atoms with van der Waals surface area (Å²) in [6.45, 7) is 2.84. The third kappa shape index (κ3) is 3.30. The molecule has 1 aromatic carbocycles. The van der Waals surface area contributed by atoms with Gasteiger partial charge in [0.05, 0.1) is 0 Å². The van der Waals surface area contributed by atoms with Gasteiger partial charge < -0.3 is 11.1 Å². The van der Waals surface area contributed by atoms with Crippen LogP contribution in [0.15, 0.2) is 24.3 Å². The van der Waals surface area contributed by atoms with Gasteiger partial charge in [0.2, 0.25) is 5.91 Å². The number of hydrogen-bond donors (Lipinski definition) is 2. The van der Waals surface area contributed by atoms with Gasteiger partial charge in [0.25, 0.3) is 0 Å². The number of amides is 1. The van der Waals surface area contributed by atoms with E-state index in [9.17, 15) is 4.79 Å². The standard InChI is InChI=1S/C14H20N2O/c1-10-3-2-4-11(7-10)12-8-13(9-12)16-6-5-14(15)17/h2-4,7,12-13,16H,5-6,8-9H2,1H3,(H2,15,17). The van der Waals surface area contributed by atoms with Crippen LogP contribution in [0.4, 0.5) is 0 Å². The van der Waals surface area contributed by atoms with Crippen LogP contribution in [0.1, 0.15) is 36.3 Å². The summed E-state index contributed by atoms with van der Waals surface area (Å²) in [6, 6.07) is 9.28. The summed E-state index contributed by atoms with van der Waals surface area (Å²) >= 11 is 0. The molecule has 2 rings (SSSR count). The normalized spacial score (nSPS) is 23.1. The molecular weight excluding hydrogens is 212 g/mol. The SMILES string of the molecule is Cc1cccc(C2CC(NCCC(N)=O)C2)c1. The summed E-state index contributed by atoms with van der Waals surface area (Å²) in [7, 11) is 0. The van der Waals surface area contributed by atoms with Crippen molar-refractivity contribution >= 4 is 5.91 Å². The summed E-state index contributed by atoms with van der Waals surface area (Å²) in [5.74, 6) is 0.452. The molecule has 3 nitrogen and oxygen atoms in total. The van der Waals surface area contributed by atoms with Gasteiger partial charge in [-0.2, -0.15) is 0 Å². The first kappa shape index (κ1) is 12.1. The smallest absolute Gasteiger partial charge is 0.218 e. The average molecular weight is 232 g/mol. The van der Waals surface area contributed by atoms with E-state index in [-0.39, 0.29) is 5.91 Å². The zero-order valence-electron chi connectivity index (χ0n) is 10.3. The Labute approximate surface area is 102 Å². The zero-order chi connectivity index (χ0) is 12.3. The fourth-order valence-corrected chi connectivity index (χ4v) is 2.38. The molecule has 1 saturated carbocycles. The van der Waals surface area contributed by atoms with Crippen molar-refractivity contribution in [2.24, 2.45) is 5.73 Å². The number of rotatable bonds is 5. The molecule has 3 N–H and O–H groups in total. The lowest BCUT2D eigenvalue weighted by atomic mass is 9.75. The second kappa shape index (κ2) is 5.32. The van der Waals surface area contributed by atoms with E-state index in [1.807, 2.05) is 0 Å². The molecule has 1 aliphatic carbocycles. The fourth-order valence-electron chi connectivity index (χ4n) is 2.38. The van der Waals surface area contributed by atoms with Gasteiger partial charge in [0.1, 0.15) is 0 Å². The molecule has 92 valence electrons. The Bertz CT molecular complexity index is 397. The average Bonchev–Trinajstić information content (AvgIpc) is 2.21. The molecule has 1 amide bonds. The minimum atomic E-state index is -0.230. The molecule has 3 heteroatoms. The zero-order valence-corrected chi connectivity index (χ0v) is 10.3. The molecule has 0 bridgehead atoms. The van der Waals surface area contributed by atoms with Crippen molar-refractivity contribution < 1.29 is 4.79 Å². The van der Waals surface area contributed by atoms with Crippen molar-refractivity contribution in [3.63, 3.8) is 0 Å². The quantitative estimate of drug-likeness (QED) is 0.812. The summed E-state index contributed by atoms with van der Waals surface area (Å²) in [5.41, 5.74) is 7.86. The number of carbonyl (C=O) groups is 1. The van der Waals surface area contributed by atoms with E-state index in [4.69, 9.17) is 5.73 Å². The van der Waals surface area contributed by atoms with E-state index in [0.717, 1.165) is 0 Å². The van der Waals surface area contributed by atoms with Gasteiger partial charge >= 0.3 is 0 Å². The van der Waals surface area contributed by atoms with Crippen molar-refractivity contribution in [3.8, 4) is 0 Å². The topological polar surface area (TPSA) is 55.1 Å². The predicted molar refractivity (Wildman–Crippen MR) is 68.8 cm³/mol. The maximum absolute atomic E-state index is 10.6. The summed E-state index contributed by atoms with van der Waals surface area (Å²) < 4.78 is 0. The summed E-state index contributed by atoms with van der Waals surface area (Å²) in [5, 5.41) is 3.36. The Morgan fingerprint density at radius 3 is 2.88 bits per heavy atom. The number of carbonyl (C=O) groups excluding carboxylic acids is 1. The predicted octanol–water partition coefficient (Wildman–Crippen LogP) is 1.71. The fraction of sp³-hybridized carbons (Fsp3) is 0.500. The Balaban J connectivity index is 1.73. The molecule has 0 spiro atoms. The largest absolute Gasteiger partial charge is 0.370 e. The van der Waals surface area contributed by atoms with E-state index < -0.39 is 0 Å².